The van der Waals surface area contributed by atoms with Crippen molar-refractivity contribution < 1.29 is 4.42 Å². The van der Waals surface area contributed by atoms with Crippen LogP contribution in [0.25, 0.3) is 0 Å². The topological polar surface area (TPSA) is 52.8 Å². The molecule has 0 unspecified atom stereocenters. The first kappa shape index (κ1) is 18.1. The van der Waals surface area contributed by atoms with E-state index in [0.29, 0.717) is 0 Å². The van der Waals surface area contributed by atoms with Gasteiger partial charge in [0.25, 0.3) is 0 Å². The van der Waals surface area contributed by atoms with Crippen molar-refractivity contribution in [2.75, 3.05) is 27.2 Å². The summed E-state index contributed by atoms with van der Waals surface area (Å²) in [5.74, 6) is 1.78. The minimum atomic E-state index is 0.754. The second-order valence-corrected chi connectivity index (χ2v) is 5.83. The van der Waals surface area contributed by atoms with E-state index >= 15 is 0 Å². The van der Waals surface area contributed by atoms with Crippen molar-refractivity contribution in [1.82, 2.24) is 15.5 Å². The van der Waals surface area contributed by atoms with E-state index in [1.165, 1.54) is 11.1 Å². The SMILES string of the molecule is CCN(C)Cc1cccc(CNC(=NC)NCCc2ccco2)c1. The number of nitrogens with one attached hydrogen (secondary N) is 2. The van der Waals surface area contributed by atoms with E-state index in [4.69, 9.17) is 4.42 Å². The number of benzene rings is 1. The Kier molecular flexibility index (Phi) is 7.36. The second-order valence-electron chi connectivity index (χ2n) is 5.83. The Labute approximate surface area is 144 Å². The van der Waals surface area contributed by atoms with E-state index in [0.717, 1.165) is 44.3 Å². The van der Waals surface area contributed by atoms with E-state index in [1.807, 2.05) is 12.1 Å². The summed E-state index contributed by atoms with van der Waals surface area (Å²) < 4.78 is 5.33. The summed E-state index contributed by atoms with van der Waals surface area (Å²) in [5.41, 5.74) is 2.59. The molecule has 0 saturated carbocycles. The fourth-order valence-electron chi connectivity index (χ4n) is 2.43. The summed E-state index contributed by atoms with van der Waals surface area (Å²) in [6.45, 7) is 5.73. The molecule has 0 amide bonds. The number of aliphatic imine (C=N–C) groups is 1. The highest BCUT2D eigenvalue weighted by Gasteiger charge is 2.02. The standard InChI is InChI=1S/C19H28N4O/c1-4-23(3)15-17-8-5-7-16(13-17)14-22-19(20-2)21-11-10-18-9-6-12-24-18/h5-9,12-13H,4,10-11,14-15H2,1-3H3,(H2,20,21,22). The van der Waals surface area contributed by atoms with Gasteiger partial charge in [0, 0.05) is 33.1 Å². The van der Waals surface area contributed by atoms with Gasteiger partial charge < -0.3 is 20.0 Å². The Hall–Kier alpha value is -2.27. The third kappa shape index (κ3) is 6.08. The third-order valence-corrected chi connectivity index (χ3v) is 3.91. The molecule has 1 aromatic carbocycles. The Morgan fingerprint density at radius 3 is 2.71 bits per heavy atom. The van der Waals surface area contributed by atoms with Crippen molar-refractivity contribution in [3.63, 3.8) is 0 Å². The average Bonchev–Trinajstić information content (AvgIpc) is 3.11. The molecular formula is C19H28N4O. The maximum atomic E-state index is 5.33. The lowest BCUT2D eigenvalue weighted by molar-refractivity contribution is 0.345. The molecule has 0 aliphatic heterocycles. The predicted molar refractivity (Wildman–Crippen MR) is 99.1 cm³/mol. The van der Waals surface area contributed by atoms with Crippen LogP contribution in [-0.2, 0) is 19.5 Å². The number of nitrogens with zero attached hydrogens (tertiary/aromatic N) is 2. The number of hydrogen-bond acceptors (Lipinski definition) is 3. The van der Waals surface area contributed by atoms with Crippen LogP contribution in [0.15, 0.2) is 52.1 Å². The Morgan fingerprint density at radius 2 is 2.00 bits per heavy atom. The lowest BCUT2D eigenvalue weighted by atomic mass is 10.1. The maximum absolute atomic E-state index is 5.33. The van der Waals surface area contributed by atoms with Crippen LogP contribution >= 0.6 is 0 Å². The molecule has 0 fully saturated rings. The molecule has 130 valence electrons. The quantitative estimate of drug-likeness (QED) is 0.578. The number of furan rings is 1. The van der Waals surface area contributed by atoms with Gasteiger partial charge in [-0.1, -0.05) is 31.2 Å². The van der Waals surface area contributed by atoms with Gasteiger partial charge in [-0.3, -0.25) is 4.99 Å². The highest BCUT2D eigenvalue weighted by atomic mass is 16.3. The van der Waals surface area contributed by atoms with Crippen molar-refractivity contribution in [3.05, 3.63) is 59.5 Å². The van der Waals surface area contributed by atoms with Crippen LogP contribution < -0.4 is 10.6 Å². The summed E-state index contributed by atoms with van der Waals surface area (Å²) in [6.07, 6.45) is 2.54. The first-order chi connectivity index (χ1) is 11.7. The smallest absolute Gasteiger partial charge is 0.191 e. The van der Waals surface area contributed by atoms with Gasteiger partial charge in [-0.2, -0.15) is 0 Å². The zero-order valence-electron chi connectivity index (χ0n) is 14.9. The summed E-state index contributed by atoms with van der Waals surface area (Å²) in [5, 5.41) is 6.66. The molecule has 0 radical (unpaired) electrons. The molecule has 0 spiro atoms. The molecule has 5 nitrogen and oxygen atoms in total. The minimum absolute atomic E-state index is 0.754. The summed E-state index contributed by atoms with van der Waals surface area (Å²) >= 11 is 0. The fraction of sp³-hybridized carbons (Fsp3) is 0.421. The van der Waals surface area contributed by atoms with Crippen molar-refractivity contribution >= 4 is 5.96 Å². The molecule has 5 heteroatoms. The molecule has 0 atom stereocenters. The largest absolute Gasteiger partial charge is 0.469 e. The van der Waals surface area contributed by atoms with E-state index in [2.05, 4.69) is 58.8 Å². The number of rotatable bonds is 8. The van der Waals surface area contributed by atoms with Gasteiger partial charge in [0.15, 0.2) is 5.96 Å². The van der Waals surface area contributed by atoms with Crippen molar-refractivity contribution in [2.45, 2.75) is 26.4 Å². The Bertz CT molecular complexity index is 622. The highest BCUT2D eigenvalue weighted by molar-refractivity contribution is 5.79. The monoisotopic (exact) mass is 328 g/mol. The van der Waals surface area contributed by atoms with Crippen LogP contribution in [0.5, 0.6) is 0 Å². The van der Waals surface area contributed by atoms with Gasteiger partial charge in [0.05, 0.1) is 6.26 Å². The van der Waals surface area contributed by atoms with Crippen LogP contribution in [0.3, 0.4) is 0 Å². The van der Waals surface area contributed by atoms with Crippen LogP contribution in [0.2, 0.25) is 0 Å². The zero-order chi connectivity index (χ0) is 17.2. The zero-order valence-corrected chi connectivity index (χ0v) is 14.9. The first-order valence-electron chi connectivity index (χ1n) is 8.44. The molecule has 0 aliphatic carbocycles. The fourth-order valence-corrected chi connectivity index (χ4v) is 2.43. The molecule has 1 aromatic heterocycles. The first-order valence-corrected chi connectivity index (χ1v) is 8.44. The van der Waals surface area contributed by atoms with Crippen LogP contribution in [-0.4, -0.2) is 38.0 Å². The van der Waals surface area contributed by atoms with Crippen LogP contribution in [0.4, 0.5) is 0 Å². The highest BCUT2D eigenvalue weighted by Crippen LogP contribution is 2.07. The van der Waals surface area contributed by atoms with E-state index in [1.54, 1.807) is 13.3 Å². The molecule has 24 heavy (non-hydrogen) atoms. The average molecular weight is 328 g/mol. The van der Waals surface area contributed by atoms with Gasteiger partial charge in [-0.05, 0) is 36.9 Å². The van der Waals surface area contributed by atoms with Crippen LogP contribution in [0.1, 0.15) is 23.8 Å². The van der Waals surface area contributed by atoms with Gasteiger partial charge in [0.1, 0.15) is 5.76 Å². The van der Waals surface area contributed by atoms with E-state index in [-0.39, 0.29) is 0 Å². The van der Waals surface area contributed by atoms with Crippen molar-refractivity contribution in [2.24, 2.45) is 4.99 Å². The van der Waals surface area contributed by atoms with Crippen molar-refractivity contribution in [1.29, 1.82) is 0 Å². The lowest BCUT2D eigenvalue weighted by Crippen LogP contribution is -2.37. The van der Waals surface area contributed by atoms with Gasteiger partial charge in [-0.15, -0.1) is 0 Å². The molecule has 2 N–H and O–H groups in total. The molecule has 2 rings (SSSR count). The lowest BCUT2D eigenvalue weighted by Gasteiger charge is -2.15. The van der Waals surface area contributed by atoms with E-state index in [9.17, 15) is 0 Å². The molecule has 0 bridgehead atoms. The predicted octanol–water partition coefficient (Wildman–Crippen LogP) is 2.64. The molecule has 2 aromatic rings. The normalized spacial score (nSPS) is 11.8. The van der Waals surface area contributed by atoms with Gasteiger partial charge in [-0.25, -0.2) is 0 Å². The molecule has 0 aliphatic rings. The Balaban J connectivity index is 1.79. The van der Waals surface area contributed by atoms with Gasteiger partial charge >= 0.3 is 0 Å². The summed E-state index contributed by atoms with van der Waals surface area (Å²) in [4.78, 5) is 6.55. The number of guanidine groups is 1. The maximum Gasteiger partial charge on any atom is 0.191 e. The van der Waals surface area contributed by atoms with Crippen LogP contribution in [0, 0.1) is 0 Å². The molecular weight excluding hydrogens is 300 g/mol. The van der Waals surface area contributed by atoms with Crippen molar-refractivity contribution in [3.8, 4) is 0 Å². The molecule has 1 heterocycles. The van der Waals surface area contributed by atoms with Gasteiger partial charge in [0.2, 0.25) is 0 Å². The minimum Gasteiger partial charge on any atom is -0.469 e. The van der Waals surface area contributed by atoms with E-state index < -0.39 is 0 Å². The second kappa shape index (κ2) is 9.78. The molecule has 0 saturated heterocycles. The summed E-state index contributed by atoms with van der Waals surface area (Å²) in [7, 11) is 3.92. The summed E-state index contributed by atoms with van der Waals surface area (Å²) in [6, 6.07) is 12.6. The Morgan fingerprint density at radius 1 is 1.17 bits per heavy atom. The third-order valence-electron chi connectivity index (χ3n) is 3.91. The number of hydrogen-bond donors (Lipinski definition) is 2.